The fraction of sp³-hybridized carbons (Fsp3) is 0.118. The van der Waals surface area contributed by atoms with Crippen molar-refractivity contribution in [2.75, 3.05) is 6.61 Å². The number of thiocarbonyl (C=S) groups is 1. The molecule has 26 heavy (non-hydrogen) atoms. The molecule has 0 aliphatic heterocycles. The highest BCUT2D eigenvalue weighted by Crippen LogP contribution is 2.27. The molecular weight excluding hydrogens is 442 g/mol. The number of ether oxygens (including phenoxy) is 1. The summed E-state index contributed by atoms with van der Waals surface area (Å²) < 4.78 is 6.11. The van der Waals surface area contributed by atoms with E-state index >= 15 is 0 Å². The number of carbonyl (C=O) groups excluding carboxylic acids is 2. The van der Waals surface area contributed by atoms with Gasteiger partial charge in [-0.25, -0.2) is 0 Å². The fourth-order valence-electron chi connectivity index (χ4n) is 1.88. The fourth-order valence-corrected chi connectivity index (χ4v) is 2.77. The van der Waals surface area contributed by atoms with Crippen molar-refractivity contribution in [1.82, 2.24) is 16.2 Å². The van der Waals surface area contributed by atoms with Crippen LogP contribution in [-0.4, -0.2) is 23.5 Å². The molecule has 2 aromatic rings. The van der Waals surface area contributed by atoms with Crippen molar-refractivity contribution >= 4 is 56.7 Å². The van der Waals surface area contributed by atoms with Crippen LogP contribution in [0.5, 0.6) is 5.75 Å². The van der Waals surface area contributed by atoms with Gasteiger partial charge in [-0.1, -0.05) is 57.9 Å². The van der Waals surface area contributed by atoms with Crippen molar-refractivity contribution in [3.8, 4) is 5.75 Å². The molecule has 2 aromatic carbocycles. The molecule has 9 heteroatoms. The second-order valence-electron chi connectivity index (χ2n) is 5.08. The van der Waals surface area contributed by atoms with Crippen LogP contribution >= 0.6 is 39.7 Å². The van der Waals surface area contributed by atoms with Gasteiger partial charge in [-0.15, -0.1) is 0 Å². The summed E-state index contributed by atoms with van der Waals surface area (Å²) in [6, 6.07) is 14.3. The van der Waals surface area contributed by atoms with Crippen LogP contribution in [0.3, 0.4) is 0 Å². The molecule has 0 saturated carbocycles. The Balaban J connectivity index is 1.69. The summed E-state index contributed by atoms with van der Waals surface area (Å²) in [5.74, 6) is -0.395. The zero-order valence-electron chi connectivity index (χ0n) is 13.4. The molecule has 0 bridgehead atoms. The molecule has 0 aliphatic carbocycles. The molecule has 3 N–H and O–H groups in total. The second kappa shape index (κ2) is 10.1. The van der Waals surface area contributed by atoms with Crippen LogP contribution in [-0.2, 0) is 16.0 Å². The van der Waals surface area contributed by atoms with Crippen molar-refractivity contribution in [3.05, 3.63) is 63.6 Å². The first kappa shape index (κ1) is 20.2. The first-order chi connectivity index (χ1) is 12.4. The highest BCUT2D eigenvalue weighted by atomic mass is 79.9. The van der Waals surface area contributed by atoms with Crippen LogP contribution in [0.2, 0.25) is 5.02 Å². The smallest absolute Gasteiger partial charge is 0.276 e. The van der Waals surface area contributed by atoms with E-state index in [1.54, 1.807) is 18.2 Å². The van der Waals surface area contributed by atoms with Crippen molar-refractivity contribution in [2.24, 2.45) is 0 Å². The average molecular weight is 457 g/mol. The Hall–Kier alpha value is -2.16. The average Bonchev–Trinajstić information content (AvgIpc) is 2.60. The molecule has 0 radical (unpaired) electrons. The highest BCUT2D eigenvalue weighted by Gasteiger charge is 2.09. The van der Waals surface area contributed by atoms with Gasteiger partial charge >= 0.3 is 0 Å². The van der Waals surface area contributed by atoms with Crippen molar-refractivity contribution in [2.45, 2.75) is 6.42 Å². The Morgan fingerprint density at radius 2 is 1.81 bits per heavy atom. The standard InChI is InChI=1S/C17H15BrClN3O3S/c18-12-6-7-14(13(19)9-12)25-10-16(24)21-22-17(26)20-15(23)8-11-4-2-1-3-5-11/h1-7,9H,8,10H2,(H,21,24)(H2,20,22,23,26). The first-order valence-corrected chi connectivity index (χ1v) is 9.02. The molecule has 6 nitrogen and oxygen atoms in total. The Morgan fingerprint density at radius 1 is 1.08 bits per heavy atom. The molecule has 0 saturated heterocycles. The number of carbonyl (C=O) groups is 2. The Bertz CT molecular complexity index is 805. The predicted octanol–water partition coefficient (Wildman–Crippen LogP) is 2.75. The van der Waals surface area contributed by atoms with Gasteiger partial charge in [0, 0.05) is 4.47 Å². The van der Waals surface area contributed by atoms with Crippen LogP contribution in [0.4, 0.5) is 0 Å². The molecule has 0 fully saturated rings. The van der Waals surface area contributed by atoms with Crippen molar-refractivity contribution < 1.29 is 14.3 Å². The van der Waals surface area contributed by atoms with E-state index in [4.69, 9.17) is 28.6 Å². The van der Waals surface area contributed by atoms with Gasteiger partial charge in [0.2, 0.25) is 5.91 Å². The minimum absolute atomic E-state index is 0.0130. The highest BCUT2D eigenvalue weighted by molar-refractivity contribution is 9.10. The summed E-state index contributed by atoms with van der Waals surface area (Å²) in [7, 11) is 0. The van der Waals surface area contributed by atoms with E-state index in [0.29, 0.717) is 10.8 Å². The van der Waals surface area contributed by atoms with Gasteiger partial charge in [0.05, 0.1) is 11.4 Å². The van der Waals surface area contributed by atoms with Crippen LogP contribution in [0.15, 0.2) is 53.0 Å². The van der Waals surface area contributed by atoms with Gasteiger partial charge in [-0.05, 0) is 36.0 Å². The summed E-state index contributed by atoms with van der Waals surface area (Å²) in [5.41, 5.74) is 5.63. The molecular formula is C17H15BrClN3O3S. The summed E-state index contributed by atoms with van der Waals surface area (Å²) in [4.78, 5) is 23.6. The van der Waals surface area contributed by atoms with Gasteiger partial charge in [0.1, 0.15) is 5.75 Å². The van der Waals surface area contributed by atoms with E-state index in [-0.39, 0.29) is 24.0 Å². The quantitative estimate of drug-likeness (QED) is 0.476. The van der Waals surface area contributed by atoms with Crippen LogP contribution in [0, 0.1) is 0 Å². The monoisotopic (exact) mass is 455 g/mol. The Kier molecular flexibility index (Phi) is 7.83. The molecule has 136 valence electrons. The molecule has 0 aliphatic rings. The third-order valence-corrected chi connectivity index (χ3v) is 4.02. The van der Waals surface area contributed by atoms with E-state index < -0.39 is 5.91 Å². The van der Waals surface area contributed by atoms with Gasteiger partial charge < -0.3 is 10.1 Å². The number of amides is 2. The molecule has 0 unspecified atom stereocenters. The summed E-state index contributed by atoms with van der Waals surface area (Å²) in [6.45, 7) is -0.269. The van der Waals surface area contributed by atoms with E-state index in [0.717, 1.165) is 10.0 Å². The molecule has 0 heterocycles. The minimum atomic E-state index is -0.483. The maximum atomic E-state index is 11.8. The number of rotatable bonds is 5. The maximum Gasteiger partial charge on any atom is 0.276 e. The molecule has 0 spiro atoms. The molecule has 0 atom stereocenters. The Labute approximate surface area is 169 Å². The zero-order chi connectivity index (χ0) is 18.9. The normalized spacial score (nSPS) is 9.92. The number of hydrogen-bond donors (Lipinski definition) is 3. The summed E-state index contributed by atoms with van der Waals surface area (Å²) in [6.07, 6.45) is 0.182. The van der Waals surface area contributed by atoms with E-state index in [1.165, 1.54) is 0 Å². The van der Waals surface area contributed by atoms with Crippen LogP contribution < -0.4 is 20.9 Å². The van der Waals surface area contributed by atoms with Crippen molar-refractivity contribution in [1.29, 1.82) is 0 Å². The lowest BCUT2D eigenvalue weighted by Crippen LogP contribution is -2.49. The lowest BCUT2D eigenvalue weighted by molar-refractivity contribution is -0.124. The second-order valence-corrected chi connectivity index (χ2v) is 6.81. The minimum Gasteiger partial charge on any atom is -0.482 e. The number of hydrazine groups is 1. The van der Waals surface area contributed by atoms with E-state index in [2.05, 4.69) is 32.1 Å². The van der Waals surface area contributed by atoms with Gasteiger partial charge in [0.25, 0.3) is 5.91 Å². The number of halogens is 2. The maximum absolute atomic E-state index is 11.8. The molecule has 2 rings (SSSR count). The lowest BCUT2D eigenvalue weighted by Gasteiger charge is -2.12. The third kappa shape index (κ3) is 6.99. The molecule has 0 aromatic heterocycles. The largest absolute Gasteiger partial charge is 0.482 e. The number of hydrogen-bond acceptors (Lipinski definition) is 4. The first-order valence-electron chi connectivity index (χ1n) is 7.44. The number of benzene rings is 2. The topological polar surface area (TPSA) is 79.5 Å². The zero-order valence-corrected chi connectivity index (χ0v) is 16.6. The third-order valence-electron chi connectivity index (χ3n) is 3.03. The number of nitrogens with one attached hydrogen (secondary N) is 3. The lowest BCUT2D eigenvalue weighted by atomic mass is 10.1. The SMILES string of the molecule is O=C(COc1ccc(Br)cc1Cl)NNC(=S)NC(=O)Cc1ccccc1. The molecule has 2 amide bonds. The van der Waals surface area contributed by atoms with Gasteiger partial charge in [-0.2, -0.15) is 0 Å². The van der Waals surface area contributed by atoms with Gasteiger partial charge in [0.15, 0.2) is 11.7 Å². The van der Waals surface area contributed by atoms with Gasteiger partial charge in [-0.3, -0.25) is 20.4 Å². The summed E-state index contributed by atoms with van der Waals surface area (Å²) >= 11 is 14.2. The predicted molar refractivity (Wildman–Crippen MR) is 107 cm³/mol. The van der Waals surface area contributed by atoms with E-state index in [1.807, 2.05) is 30.3 Å². The Morgan fingerprint density at radius 3 is 2.50 bits per heavy atom. The summed E-state index contributed by atoms with van der Waals surface area (Å²) in [5, 5.41) is 2.84. The van der Waals surface area contributed by atoms with E-state index in [9.17, 15) is 9.59 Å². The van der Waals surface area contributed by atoms with Crippen LogP contribution in [0.25, 0.3) is 0 Å². The van der Waals surface area contributed by atoms with Crippen LogP contribution in [0.1, 0.15) is 5.56 Å². The van der Waals surface area contributed by atoms with Crippen molar-refractivity contribution in [3.63, 3.8) is 0 Å².